The van der Waals surface area contributed by atoms with Gasteiger partial charge in [-0.25, -0.2) is 9.78 Å². The third kappa shape index (κ3) is 3.73. The van der Waals surface area contributed by atoms with Crippen molar-refractivity contribution in [2.75, 3.05) is 0 Å². The number of rotatable bonds is 6. The summed E-state index contributed by atoms with van der Waals surface area (Å²) < 4.78 is 1.34. The summed E-state index contributed by atoms with van der Waals surface area (Å²) in [4.78, 5) is 20.6. The van der Waals surface area contributed by atoms with Crippen LogP contribution in [0.2, 0.25) is 0 Å². The van der Waals surface area contributed by atoms with Crippen molar-refractivity contribution in [3.63, 3.8) is 0 Å². The van der Waals surface area contributed by atoms with Crippen LogP contribution in [0.25, 0.3) is 0 Å². The number of hydrogen-bond acceptors (Lipinski definition) is 3. The van der Waals surface area contributed by atoms with Gasteiger partial charge in [-0.2, -0.15) is 4.73 Å². The molecular weight excluding hydrogens is 192 g/mol. The van der Waals surface area contributed by atoms with E-state index in [1.54, 1.807) is 12.4 Å². The average Bonchev–Trinajstić information content (AvgIpc) is 2.71. The summed E-state index contributed by atoms with van der Waals surface area (Å²) in [5.74, 6) is -0.156. The Labute approximate surface area is 90.2 Å². The first-order valence-electron chi connectivity index (χ1n) is 5.48. The molecule has 1 aromatic rings. The topological polar surface area (TPSA) is 44.1 Å². The zero-order chi connectivity index (χ0) is 11.1. The van der Waals surface area contributed by atoms with E-state index in [0.717, 1.165) is 25.7 Å². The zero-order valence-corrected chi connectivity index (χ0v) is 9.35. The molecule has 1 heterocycles. The van der Waals surface area contributed by atoms with E-state index in [4.69, 9.17) is 4.84 Å². The lowest BCUT2D eigenvalue weighted by molar-refractivity contribution is -0.149. The second-order valence-electron chi connectivity index (χ2n) is 3.58. The molecule has 0 bridgehead atoms. The molecule has 84 valence electrons. The van der Waals surface area contributed by atoms with Gasteiger partial charge >= 0.3 is 5.97 Å². The van der Waals surface area contributed by atoms with Crippen LogP contribution in [0.15, 0.2) is 18.7 Å². The molecule has 1 atom stereocenters. The van der Waals surface area contributed by atoms with Crippen molar-refractivity contribution >= 4 is 5.97 Å². The first-order chi connectivity index (χ1) is 7.27. The van der Waals surface area contributed by atoms with E-state index in [-0.39, 0.29) is 11.9 Å². The Morgan fingerprint density at radius 1 is 1.53 bits per heavy atom. The van der Waals surface area contributed by atoms with Crippen LogP contribution in [0.4, 0.5) is 0 Å². The van der Waals surface area contributed by atoms with E-state index in [9.17, 15) is 4.79 Å². The standard InChI is InChI=1S/C11H18N2O2/c1-3-5-6-10(4-2)11(14)15-13-8-7-12-9-13/h7-10H,3-6H2,1-2H3. The van der Waals surface area contributed by atoms with Crippen LogP contribution in [-0.4, -0.2) is 15.7 Å². The number of hydrogen-bond donors (Lipinski definition) is 0. The van der Waals surface area contributed by atoms with Crippen LogP contribution in [0.1, 0.15) is 39.5 Å². The normalized spacial score (nSPS) is 12.4. The Kier molecular flexibility index (Phi) is 4.87. The number of carbonyl (C=O) groups excluding carboxylic acids is 1. The number of nitrogens with zero attached hydrogens (tertiary/aromatic N) is 2. The van der Waals surface area contributed by atoms with Gasteiger partial charge in [0.1, 0.15) is 6.33 Å². The molecule has 0 aliphatic rings. The summed E-state index contributed by atoms with van der Waals surface area (Å²) in [5, 5.41) is 0. The van der Waals surface area contributed by atoms with Crippen LogP contribution < -0.4 is 4.84 Å². The van der Waals surface area contributed by atoms with Crippen LogP contribution in [0.5, 0.6) is 0 Å². The fourth-order valence-corrected chi connectivity index (χ4v) is 1.42. The molecule has 0 amide bonds. The Hall–Kier alpha value is -1.32. The predicted octanol–water partition coefficient (Wildman–Crippen LogP) is 2.05. The molecule has 1 rings (SSSR count). The second kappa shape index (κ2) is 6.22. The van der Waals surface area contributed by atoms with Gasteiger partial charge in [0.15, 0.2) is 0 Å². The molecule has 0 N–H and O–H groups in total. The Bertz CT molecular complexity index is 283. The summed E-state index contributed by atoms with van der Waals surface area (Å²) in [6, 6.07) is 0. The molecule has 0 aliphatic heterocycles. The van der Waals surface area contributed by atoms with Gasteiger partial charge < -0.3 is 4.84 Å². The highest BCUT2D eigenvalue weighted by Crippen LogP contribution is 2.13. The van der Waals surface area contributed by atoms with E-state index < -0.39 is 0 Å². The summed E-state index contributed by atoms with van der Waals surface area (Å²) in [6.45, 7) is 4.13. The number of imidazole rings is 1. The highest BCUT2D eigenvalue weighted by Gasteiger charge is 2.18. The minimum atomic E-state index is -0.163. The van der Waals surface area contributed by atoms with Crippen molar-refractivity contribution in [2.24, 2.45) is 5.92 Å². The molecule has 0 radical (unpaired) electrons. The average molecular weight is 210 g/mol. The van der Waals surface area contributed by atoms with Crippen molar-refractivity contribution in [3.8, 4) is 0 Å². The van der Waals surface area contributed by atoms with Gasteiger partial charge in [0.25, 0.3) is 0 Å². The van der Waals surface area contributed by atoms with E-state index >= 15 is 0 Å². The van der Waals surface area contributed by atoms with E-state index in [0.29, 0.717) is 0 Å². The highest BCUT2D eigenvalue weighted by molar-refractivity contribution is 5.72. The maximum Gasteiger partial charge on any atom is 0.335 e. The third-order valence-electron chi connectivity index (χ3n) is 2.41. The molecule has 1 aromatic heterocycles. The van der Waals surface area contributed by atoms with E-state index in [1.165, 1.54) is 11.1 Å². The van der Waals surface area contributed by atoms with E-state index in [1.807, 2.05) is 6.92 Å². The molecule has 0 spiro atoms. The molecular formula is C11H18N2O2. The van der Waals surface area contributed by atoms with Crippen LogP contribution in [-0.2, 0) is 4.79 Å². The van der Waals surface area contributed by atoms with Gasteiger partial charge in [-0.15, -0.1) is 0 Å². The smallest absolute Gasteiger partial charge is 0.335 e. The molecule has 0 aliphatic carbocycles. The van der Waals surface area contributed by atoms with Crippen LogP contribution in [0, 0.1) is 5.92 Å². The Morgan fingerprint density at radius 2 is 2.33 bits per heavy atom. The molecule has 0 saturated heterocycles. The molecule has 4 nitrogen and oxygen atoms in total. The quantitative estimate of drug-likeness (QED) is 0.721. The Balaban J connectivity index is 2.43. The maximum atomic E-state index is 11.7. The molecule has 15 heavy (non-hydrogen) atoms. The molecule has 4 heteroatoms. The van der Waals surface area contributed by atoms with E-state index in [2.05, 4.69) is 11.9 Å². The monoisotopic (exact) mass is 210 g/mol. The first-order valence-corrected chi connectivity index (χ1v) is 5.48. The minimum Gasteiger partial charge on any atom is -0.335 e. The number of unbranched alkanes of at least 4 members (excludes halogenated alkanes) is 1. The van der Waals surface area contributed by atoms with Gasteiger partial charge in [0.2, 0.25) is 0 Å². The summed E-state index contributed by atoms with van der Waals surface area (Å²) in [7, 11) is 0. The largest absolute Gasteiger partial charge is 0.335 e. The van der Waals surface area contributed by atoms with Gasteiger partial charge in [0, 0.05) is 6.20 Å². The lowest BCUT2D eigenvalue weighted by Crippen LogP contribution is -2.26. The van der Waals surface area contributed by atoms with Crippen molar-refractivity contribution < 1.29 is 9.63 Å². The molecule has 0 fully saturated rings. The highest BCUT2D eigenvalue weighted by atomic mass is 16.7. The molecule has 0 saturated carbocycles. The lowest BCUT2D eigenvalue weighted by atomic mass is 10.00. The van der Waals surface area contributed by atoms with Crippen molar-refractivity contribution in [3.05, 3.63) is 18.7 Å². The van der Waals surface area contributed by atoms with Gasteiger partial charge in [-0.1, -0.05) is 26.7 Å². The van der Waals surface area contributed by atoms with Gasteiger partial charge in [-0.05, 0) is 12.8 Å². The first kappa shape index (κ1) is 11.8. The minimum absolute atomic E-state index is 0.00681. The van der Waals surface area contributed by atoms with Crippen LogP contribution >= 0.6 is 0 Å². The lowest BCUT2D eigenvalue weighted by Gasteiger charge is -2.12. The van der Waals surface area contributed by atoms with Crippen molar-refractivity contribution in [1.82, 2.24) is 9.71 Å². The number of aromatic nitrogens is 2. The third-order valence-corrected chi connectivity index (χ3v) is 2.41. The van der Waals surface area contributed by atoms with Crippen LogP contribution in [0.3, 0.4) is 0 Å². The number of carbonyl (C=O) groups is 1. The fourth-order valence-electron chi connectivity index (χ4n) is 1.42. The van der Waals surface area contributed by atoms with Crippen molar-refractivity contribution in [1.29, 1.82) is 0 Å². The summed E-state index contributed by atoms with van der Waals surface area (Å²) >= 11 is 0. The van der Waals surface area contributed by atoms with Gasteiger partial charge in [0.05, 0.1) is 12.1 Å². The predicted molar refractivity (Wildman–Crippen MR) is 57.1 cm³/mol. The summed E-state index contributed by atoms with van der Waals surface area (Å²) in [6.07, 6.45) is 8.58. The molecule has 0 aromatic carbocycles. The van der Waals surface area contributed by atoms with Gasteiger partial charge in [-0.3, -0.25) is 0 Å². The maximum absolute atomic E-state index is 11.7. The zero-order valence-electron chi connectivity index (χ0n) is 9.35. The summed E-state index contributed by atoms with van der Waals surface area (Å²) in [5.41, 5.74) is 0. The molecule has 1 unspecified atom stereocenters. The SMILES string of the molecule is CCCCC(CC)C(=O)On1ccnc1. The van der Waals surface area contributed by atoms with Crippen molar-refractivity contribution in [2.45, 2.75) is 39.5 Å². The Morgan fingerprint density at radius 3 is 2.87 bits per heavy atom. The fraction of sp³-hybridized carbons (Fsp3) is 0.636. The second-order valence-corrected chi connectivity index (χ2v) is 3.58.